The van der Waals surface area contributed by atoms with Gasteiger partial charge in [0.1, 0.15) is 13.2 Å². The van der Waals surface area contributed by atoms with Gasteiger partial charge in [0.2, 0.25) is 5.91 Å². The second-order valence-electron chi connectivity index (χ2n) is 5.37. The van der Waals surface area contributed by atoms with Crippen molar-refractivity contribution in [3.63, 3.8) is 0 Å². The van der Waals surface area contributed by atoms with Crippen molar-refractivity contribution in [3.8, 4) is 0 Å². The van der Waals surface area contributed by atoms with Crippen molar-refractivity contribution in [2.75, 3.05) is 6.54 Å². The standard InChI is InChI=1S/C17H21N3O3/c1-12-15(13(2)20(3)19-12)9-16(21)18-10-17(22)23-11-14-7-5-4-6-8-14/h4-8H,9-11H2,1-3H3,(H,18,21). The Hall–Kier alpha value is -2.63. The summed E-state index contributed by atoms with van der Waals surface area (Å²) in [6.45, 7) is 3.85. The quantitative estimate of drug-likeness (QED) is 0.819. The molecule has 0 aliphatic rings. The number of rotatable bonds is 6. The molecule has 1 N–H and O–H groups in total. The Balaban J connectivity index is 1.76. The van der Waals surface area contributed by atoms with Gasteiger partial charge >= 0.3 is 5.97 Å². The third kappa shape index (κ3) is 4.67. The van der Waals surface area contributed by atoms with Crippen molar-refractivity contribution in [2.24, 2.45) is 7.05 Å². The molecular weight excluding hydrogens is 294 g/mol. The van der Waals surface area contributed by atoms with Crippen LogP contribution in [0.4, 0.5) is 0 Å². The number of aromatic nitrogens is 2. The number of esters is 1. The summed E-state index contributed by atoms with van der Waals surface area (Å²) >= 11 is 0. The van der Waals surface area contributed by atoms with Crippen LogP contribution >= 0.6 is 0 Å². The molecule has 2 aromatic rings. The van der Waals surface area contributed by atoms with E-state index in [1.54, 1.807) is 4.68 Å². The fraction of sp³-hybridized carbons (Fsp3) is 0.353. The number of hydrogen-bond donors (Lipinski definition) is 1. The first-order valence-corrected chi connectivity index (χ1v) is 7.42. The van der Waals surface area contributed by atoms with Crippen LogP contribution < -0.4 is 5.32 Å². The van der Waals surface area contributed by atoms with Crippen LogP contribution in [0, 0.1) is 13.8 Å². The number of ether oxygens (including phenoxy) is 1. The van der Waals surface area contributed by atoms with Gasteiger partial charge in [0.15, 0.2) is 0 Å². The lowest BCUT2D eigenvalue weighted by atomic mass is 10.1. The zero-order valence-electron chi connectivity index (χ0n) is 13.6. The van der Waals surface area contributed by atoms with Gasteiger partial charge in [0.05, 0.1) is 12.1 Å². The average Bonchev–Trinajstić information content (AvgIpc) is 2.78. The van der Waals surface area contributed by atoms with Crippen LogP contribution in [0.5, 0.6) is 0 Å². The summed E-state index contributed by atoms with van der Waals surface area (Å²) < 4.78 is 6.85. The predicted octanol–water partition coefficient (Wildman–Crippen LogP) is 1.44. The van der Waals surface area contributed by atoms with Crippen molar-refractivity contribution in [2.45, 2.75) is 26.9 Å². The molecule has 0 saturated carbocycles. The second-order valence-corrected chi connectivity index (χ2v) is 5.37. The number of carbonyl (C=O) groups excluding carboxylic acids is 2. The van der Waals surface area contributed by atoms with Crippen molar-refractivity contribution in [1.29, 1.82) is 0 Å². The first-order valence-electron chi connectivity index (χ1n) is 7.42. The maximum absolute atomic E-state index is 11.9. The monoisotopic (exact) mass is 315 g/mol. The van der Waals surface area contributed by atoms with E-state index in [4.69, 9.17) is 4.74 Å². The Labute approximate surface area is 135 Å². The maximum atomic E-state index is 11.9. The minimum Gasteiger partial charge on any atom is -0.460 e. The molecule has 122 valence electrons. The number of aryl methyl sites for hydroxylation is 2. The fourth-order valence-electron chi connectivity index (χ4n) is 2.26. The van der Waals surface area contributed by atoms with Crippen LogP contribution in [-0.2, 0) is 34.4 Å². The molecule has 2 rings (SSSR count). The molecule has 0 unspecified atom stereocenters. The number of amides is 1. The van der Waals surface area contributed by atoms with Gasteiger partial charge in [-0.2, -0.15) is 5.10 Å². The van der Waals surface area contributed by atoms with E-state index in [-0.39, 0.29) is 25.5 Å². The minimum absolute atomic E-state index is 0.135. The SMILES string of the molecule is Cc1nn(C)c(C)c1CC(=O)NCC(=O)OCc1ccccc1. The Morgan fingerprint density at radius 3 is 2.52 bits per heavy atom. The molecular formula is C17H21N3O3. The van der Waals surface area contributed by atoms with E-state index in [0.717, 1.165) is 22.5 Å². The summed E-state index contributed by atoms with van der Waals surface area (Å²) in [5.41, 5.74) is 3.58. The maximum Gasteiger partial charge on any atom is 0.325 e. The van der Waals surface area contributed by atoms with Gasteiger partial charge in [-0.3, -0.25) is 14.3 Å². The molecule has 23 heavy (non-hydrogen) atoms. The van der Waals surface area contributed by atoms with Gasteiger partial charge in [-0.25, -0.2) is 0 Å². The molecule has 0 saturated heterocycles. The normalized spacial score (nSPS) is 10.4. The van der Waals surface area contributed by atoms with Crippen LogP contribution in [0.3, 0.4) is 0 Å². The molecule has 0 spiro atoms. The summed E-state index contributed by atoms with van der Waals surface area (Å²) in [7, 11) is 1.84. The number of hydrogen-bond acceptors (Lipinski definition) is 4. The second kappa shape index (κ2) is 7.58. The van der Waals surface area contributed by atoms with Crippen LogP contribution in [0.2, 0.25) is 0 Å². The van der Waals surface area contributed by atoms with Crippen molar-refractivity contribution >= 4 is 11.9 Å². The van der Waals surface area contributed by atoms with Gasteiger partial charge < -0.3 is 10.1 Å². The van der Waals surface area contributed by atoms with Gasteiger partial charge in [-0.15, -0.1) is 0 Å². The van der Waals surface area contributed by atoms with Gasteiger partial charge in [0, 0.05) is 18.3 Å². The van der Waals surface area contributed by atoms with Crippen LogP contribution in [0.15, 0.2) is 30.3 Å². The first-order chi connectivity index (χ1) is 11.0. The molecule has 0 atom stereocenters. The Morgan fingerprint density at radius 2 is 1.91 bits per heavy atom. The lowest BCUT2D eigenvalue weighted by molar-refractivity contribution is -0.145. The number of nitrogens with one attached hydrogen (secondary N) is 1. The van der Waals surface area contributed by atoms with Crippen LogP contribution in [0.1, 0.15) is 22.5 Å². The van der Waals surface area contributed by atoms with E-state index in [9.17, 15) is 9.59 Å². The van der Waals surface area contributed by atoms with E-state index in [2.05, 4.69) is 10.4 Å². The highest BCUT2D eigenvalue weighted by Gasteiger charge is 2.14. The van der Waals surface area contributed by atoms with E-state index in [1.807, 2.05) is 51.2 Å². The first kappa shape index (κ1) is 16.7. The molecule has 0 fully saturated rings. The smallest absolute Gasteiger partial charge is 0.325 e. The molecule has 0 aliphatic heterocycles. The third-order valence-corrected chi connectivity index (χ3v) is 3.67. The largest absolute Gasteiger partial charge is 0.460 e. The van der Waals surface area contributed by atoms with E-state index >= 15 is 0 Å². The molecule has 0 radical (unpaired) electrons. The molecule has 6 heteroatoms. The van der Waals surface area contributed by atoms with Gasteiger partial charge in [0.25, 0.3) is 0 Å². The average molecular weight is 315 g/mol. The number of carbonyl (C=O) groups is 2. The Morgan fingerprint density at radius 1 is 1.22 bits per heavy atom. The van der Waals surface area contributed by atoms with Crippen LogP contribution in [0.25, 0.3) is 0 Å². The highest BCUT2D eigenvalue weighted by Crippen LogP contribution is 2.12. The van der Waals surface area contributed by atoms with Crippen LogP contribution in [-0.4, -0.2) is 28.2 Å². The highest BCUT2D eigenvalue weighted by molar-refractivity contribution is 5.83. The van der Waals surface area contributed by atoms with Gasteiger partial charge in [-0.1, -0.05) is 30.3 Å². The zero-order chi connectivity index (χ0) is 16.8. The molecule has 1 aromatic carbocycles. The van der Waals surface area contributed by atoms with E-state index < -0.39 is 5.97 Å². The molecule has 6 nitrogen and oxygen atoms in total. The number of benzene rings is 1. The summed E-state index contributed by atoms with van der Waals surface area (Å²) in [6, 6.07) is 9.40. The molecule has 1 aromatic heterocycles. The third-order valence-electron chi connectivity index (χ3n) is 3.67. The highest BCUT2D eigenvalue weighted by atomic mass is 16.5. The molecule has 0 bridgehead atoms. The fourth-order valence-corrected chi connectivity index (χ4v) is 2.26. The zero-order valence-corrected chi connectivity index (χ0v) is 13.6. The Kier molecular flexibility index (Phi) is 5.51. The number of nitrogens with zero attached hydrogens (tertiary/aromatic N) is 2. The summed E-state index contributed by atoms with van der Waals surface area (Å²) in [6.07, 6.45) is 0.206. The van der Waals surface area contributed by atoms with Crippen molar-refractivity contribution < 1.29 is 14.3 Å². The summed E-state index contributed by atoms with van der Waals surface area (Å²) in [5, 5.41) is 6.85. The topological polar surface area (TPSA) is 73.2 Å². The van der Waals surface area contributed by atoms with Crippen molar-refractivity contribution in [3.05, 3.63) is 52.8 Å². The van der Waals surface area contributed by atoms with E-state index in [1.165, 1.54) is 0 Å². The Bertz CT molecular complexity index is 693. The molecule has 1 heterocycles. The van der Waals surface area contributed by atoms with E-state index in [0.29, 0.717) is 0 Å². The summed E-state index contributed by atoms with van der Waals surface area (Å²) in [5.74, 6) is -0.678. The van der Waals surface area contributed by atoms with Crippen molar-refractivity contribution in [1.82, 2.24) is 15.1 Å². The lowest BCUT2D eigenvalue weighted by Crippen LogP contribution is -2.31. The molecule has 0 aliphatic carbocycles. The lowest BCUT2D eigenvalue weighted by Gasteiger charge is -2.07. The minimum atomic E-state index is -0.457. The summed E-state index contributed by atoms with van der Waals surface area (Å²) in [4.78, 5) is 23.6. The molecule has 1 amide bonds. The predicted molar refractivity (Wildman–Crippen MR) is 85.6 cm³/mol. The van der Waals surface area contributed by atoms with Gasteiger partial charge in [-0.05, 0) is 19.4 Å².